The van der Waals surface area contributed by atoms with E-state index < -0.39 is 21.8 Å². The van der Waals surface area contributed by atoms with E-state index in [2.05, 4.69) is 9.50 Å². The molecule has 2 rings (SSSR count). The summed E-state index contributed by atoms with van der Waals surface area (Å²) in [5.41, 5.74) is -1.01. The van der Waals surface area contributed by atoms with E-state index in [1.54, 1.807) is 12.1 Å². The number of hydrogen-bond donors (Lipinski definition) is 2. The molecule has 0 spiro atoms. The third kappa shape index (κ3) is 4.11. The summed E-state index contributed by atoms with van der Waals surface area (Å²) in [5.74, 6) is -1.19. The molecule has 0 aromatic heterocycles. The fourth-order valence-electron chi connectivity index (χ4n) is 1.82. The Labute approximate surface area is 161 Å². The van der Waals surface area contributed by atoms with E-state index in [0.717, 1.165) is 5.56 Å². The molecule has 2 N–H and O–H groups in total. The third-order valence-electron chi connectivity index (χ3n) is 2.97. The summed E-state index contributed by atoms with van der Waals surface area (Å²) in [7, 11) is -4.20. The SMILES string of the molecule is Cc1ccc(S(=O)(=O)OC(=O)[C@]2(O)CCCN2)cc1.[H-].[K+]. The van der Waals surface area contributed by atoms with Crippen LogP contribution in [-0.2, 0) is 19.1 Å². The Balaban J connectivity index is 0.00000200. The second-order valence-electron chi connectivity index (χ2n) is 4.53. The predicted molar refractivity (Wildman–Crippen MR) is 67.8 cm³/mol. The minimum Gasteiger partial charge on any atom is -1.00 e. The van der Waals surface area contributed by atoms with E-state index in [1.807, 2.05) is 6.92 Å². The van der Waals surface area contributed by atoms with Gasteiger partial charge in [0.25, 0.3) is 0 Å². The number of aryl methyl sites for hydroxylation is 1. The maximum absolute atomic E-state index is 11.9. The van der Waals surface area contributed by atoms with Crippen LogP contribution >= 0.6 is 0 Å². The van der Waals surface area contributed by atoms with Gasteiger partial charge in [-0.2, -0.15) is 8.42 Å². The number of rotatable bonds is 3. The van der Waals surface area contributed by atoms with Crippen LogP contribution in [0, 0.1) is 6.92 Å². The zero-order valence-corrected chi connectivity index (χ0v) is 15.4. The molecule has 0 amide bonds. The molecule has 6 nitrogen and oxygen atoms in total. The standard InChI is InChI=1S/C12H15NO5S.K.H/c1-9-3-5-10(6-4-9)19(16,17)18-11(14)12(15)7-2-8-13-12;;/h3-6,13,15H,2,7-8H2,1H3;;/q;+1;-1/t12-;;/m1../s1. The second kappa shape index (κ2) is 6.97. The largest absolute Gasteiger partial charge is 1.00 e. The van der Waals surface area contributed by atoms with Crippen LogP contribution < -0.4 is 56.7 Å². The number of carbonyl (C=O) groups is 1. The maximum Gasteiger partial charge on any atom is 1.00 e. The normalized spacial score (nSPS) is 22.1. The second-order valence-corrected chi connectivity index (χ2v) is 6.07. The van der Waals surface area contributed by atoms with Gasteiger partial charge in [0.1, 0.15) is 4.90 Å². The van der Waals surface area contributed by atoms with Crippen LogP contribution in [0.5, 0.6) is 0 Å². The van der Waals surface area contributed by atoms with E-state index in [0.29, 0.717) is 13.0 Å². The average Bonchev–Trinajstić information content (AvgIpc) is 2.77. The van der Waals surface area contributed by atoms with Crippen molar-refractivity contribution < 1.29 is 75.3 Å². The van der Waals surface area contributed by atoms with Gasteiger partial charge in [-0.1, -0.05) is 17.7 Å². The molecule has 1 atom stereocenters. The molecule has 1 saturated heterocycles. The summed E-state index contributed by atoms with van der Waals surface area (Å²) in [6.45, 7) is 2.25. The predicted octanol–water partition coefficient (Wildman–Crippen LogP) is -2.58. The average molecular weight is 325 g/mol. The van der Waals surface area contributed by atoms with Crippen LogP contribution in [0.3, 0.4) is 0 Å². The fraction of sp³-hybridized carbons (Fsp3) is 0.417. The summed E-state index contributed by atoms with van der Waals surface area (Å²) in [6, 6.07) is 5.90. The molecular formula is C12H16KNO5S. The molecule has 0 saturated carbocycles. The first-order valence-electron chi connectivity index (χ1n) is 5.86. The van der Waals surface area contributed by atoms with Crippen molar-refractivity contribution in [1.82, 2.24) is 5.32 Å². The summed E-state index contributed by atoms with van der Waals surface area (Å²) in [5, 5.41) is 12.4. The van der Waals surface area contributed by atoms with Crippen molar-refractivity contribution in [3.8, 4) is 0 Å². The van der Waals surface area contributed by atoms with E-state index in [9.17, 15) is 18.3 Å². The number of nitrogens with one attached hydrogen (secondary N) is 1. The van der Waals surface area contributed by atoms with Gasteiger partial charge in [0.05, 0.1) is 0 Å². The van der Waals surface area contributed by atoms with Gasteiger partial charge in [0, 0.05) is 6.42 Å². The minimum atomic E-state index is -4.20. The van der Waals surface area contributed by atoms with Crippen molar-refractivity contribution in [2.24, 2.45) is 0 Å². The molecule has 1 aliphatic rings. The number of hydrogen-bond acceptors (Lipinski definition) is 6. The fourth-order valence-corrected chi connectivity index (χ4v) is 2.73. The molecule has 0 bridgehead atoms. The number of carbonyl (C=O) groups excluding carboxylic acids is 1. The van der Waals surface area contributed by atoms with Gasteiger partial charge in [-0.15, -0.1) is 0 Å². The van der Waals surface area contributed by atoms with Crippen molar-refractivity contribution in [1.29, 1.82) is 0 Å². The molecule has 0 radical (unpaired) electrons. The summed E-state index contributed by atoms with van der Waals surface area (Å²) >= 11 is 0. The van der Waals surface area contributed by atoms with Gasteiger partial charge in [0.15, 0.2) is 0 Å². The van der Waals surface area contributed by atoms with Gasteiger partial charge in [-0.25, -0.2) is 4.79 Å². The first kappa shape index (κ1) is 18.2. The molecule has 1 aromatic carbocycles. The number of aliphatic hydroxyl groups is 1. The van der Waals surface area contributed by atoms with Gasteiger partial charge in [0.2, 0.25) is 5.72 Å². The Bertz CT molecular complexity index is 584. The van der Waals surface area contributed by atoms with Crippen molar-refractivity contribution in [2.75, 3.05) is 6.54 Å². The van der Waals surface area contributed by atoms with E-state index in [1.165, 1.54) is 12.1 Å². The van der Waals surface area contributed by atoms with Crippen molar-refractivity contribution in [3.63, 3.8) is 0 Å². The minimum absolute atomic E-state index is 0. The molecule has 0 aliphatic carbocycles. The Morgan fingerprint density at radius 1 is 1.40 bits per heavy atom. The third-order valence-corrected chi connectivity index (χ3v) is 4.19. The van der Waals surface area contributed by atoms with E-state index >= 15 is 0 Å². The molecule has 8 heteroatoms. The van der Waals surface area contributed by atoms with E-state index in [-0.39, 0.29) is 64.1 Å². The van der Waals surface area contributed by atoms with Gasteiger partial charge in [-0.05, 0) is 32.0 Å². The molecular weight excluding hydrogens is 309 g/mol. The molecule has 1 aromatic rings. The zero-order valence-electron chi connectivity index (χ0n) is 12.4. The molecule has 1 heterocycles. The van der Waals surface area contributed by atoms with Crippen molar-refractivity contribution in [3.05, 3.63) is 29.8 Å². The van der Waals surface area contributed by atoms with E-state index in [4.69, 9.17) is 0 Å². The van der Waals surface area contributed by atoms with Crippen LogP contribution in [0.2, 0.25) is 0 Å². The van der Waals surface area contributed by atoms with Gasteiger partial charge < -0.3 is 10.7 Å². The van der Waals surface area contributed by atoms with Crippen molar-refractivity contribution >= 4 is 16.1 Å². The Morgan fingerprint density at radius 3 is 2.50 bits per heavy atom. The van der Waals surface area contributed by atoms with Gasteiger partial charge >= 0.3 is 67.5 Å². The first-order chi connectivity index (χ1) is 8.83. The molecule has 20 heavy (non-hydrogen) atoms. The van der Waals surface area contributed by atoms with Crippen LogP contribution in [0.15, 0.2) is 29.2 Å². The Hall–Kier alpha value is 0.196. The van der Waals surface area contributed by atoms with Crippen LogP contribution in [0.1, 0.15) is 19.8 Å². The summed E-state index contributed by atoms with van der Waals surface area (Å²) < 4.78 is 28.2. The molecule has 0 unspecified atom stereocenters. The quantitative estimate of drug-likeness (QED) is 0.468. The monoisotopic (exact) mass is 325 g/mol. The first-order valence-corrected chi connectivity index (χ1v) is 7.27. The molecule has 1 aliphatic heterocycles. The number of benzene rings is 1. The Kier molecular flexibility index (Phi) is 6.36. The maximum atomic E-state index is 11.9. The zero-order chi connectivity index (χ0) is 14.1. The van der Waals surface area contributed by atoms with Crippen LogP contribution in [0.4, 0.5) is 0 Å². The van der Waals surface area contributed by atoms with Crippen LogP contribution in [-0.4, -0.2) is 31.8 Å². The van der Waals surface area contributed by atoms with Crippen LogP contribution in [0.25, 0.3) is 0 Å². The van der Waals surface area contributed by atoms with Gasteiger partial charge in [-0.3, -0.25) is 5.32 Å². The smallest absolute Gasteiger partial charge is 1.00 e. The topological polar surface area (TPSA) is 92.7 Å². The molecule has 1 fully saturated rings. The Morgan fingerprint density at radius 2 is 2.00 bits per heavy atom. The van der Waals surface area contributed by atoms with Crippen molar-refractivity contribution in [2.45, 2.75) is 30.4 Å². The summed E-state index contributed by atoms with van der Waals surface area (Å²) in [4.78, 5) is 11.6. The summed E-state index contributed by atoms with van der Waals surface area (Å²) in [6.07, 6.45) is 0.714. The molecule has 106 valence electrons.